The van der Waals surface area contributed by atoms with Gasteiger partial charge in [-0.15, -0.1) is 0 Å². The lowest BCUT2D eigenvalue weighted by atomic mass is 9.83. The zero-order chi connectivity index (χ0) is 28.1. The lowest BCUT2D eigenvalue weighted by molar-refractivity contribution is -0.142. The number of benzene rings is 1. The summed E-state index contributed by atoms with van der Waals surface area (Å²) in [6.07, 6.45) is 2.39. The molecule has 6 nitrogen and oxygen atoms in total. The number of hydrogen-bond acceptors (Lipinski definition) is 5. The number of carbonyl (C=O) groups excluding carboxylic acids is 3. The van der Waals surface area contributed by atoms with E-state index in [1.807, 2.05) is 44.2 Å². The molecule has 1 heterocycles. The van der Waals surface area contributed by atoms with Gasteiger partial charge in [-0.05, 0) is 63.2 Å². The maximum atomic E-state index is 13.8. The van der Waals surface area contributed by atoms with E-state index in [0.717, 1.165) is 16.9 Å². The molecule has 0 spiro atoms. The van der Waals surface area contributed by atoms with E-state index in [4.69, 9.17) is 9.16 Å². The molecule has 1 aromatic carbocycles. The number of allylic oxidation sites excluding steroid dienone is 2. The Bertz CT molecular complexity index is 981. The van der Waals surface area contributed by atoms with Crippen LogP contribution in [-0.2, 0) is 25.2 Å². The molecule has 2 rings (SSSR count). The van der Waals surface area contributed by atoms with Crippen molar-refractivity contribution >= 4 is 26.1 Å². The largest absolute Gasteiger partial charge is 0.447 e. The number of nitrogens with zero attached hydrogens (tertiary/aromatic N) is 1. The molecule has 0 N–H and O–H groups in total. The van der Waals surface area contributed by atoms with Crippen LogP contribution in [0.2, 0.25) is 18.1 Å². The van der Waals surface area contributed by atoms with Crippen LogP contribution in [0.25, 0.3) is 0 Å². The highest BCUT2D eigenvalue weighted by molar-refractivity contribution is 6.74. The van der Waals surface area contributed by atoms with E-state index < -0.39 is 38.2 Å². The van der Waals surface area contributed by atoms with Gasteiger partial charge < -0.3 is 9.16 Å². The lowest BCUT2D eigenvalue weighted by Gasteiger charge is -2.43. The average molecular weight is 530 g/mol. The van der Waals surface area contributed by atoms with Gasteiger partial charge in [-0.3, -0.25) is 9.59 Å². The molecule has 1 aromatic rings. The number of ether oxygens (including phenoxy) is 1. The fourth-order valence-corrected chi connectivity index (χ4v) is 6.09. The second-order valence-electron chi connectivity index (χ2n) is 12.2. The van der Waals surface area contributed by atoms with Crippen LogP contribution in [0.1, 0.15) is 67.4 Å². The fraction of sp³-hybridized carbons (Fsp3) is 0.633. The molecule has 0 unspecified atom stereocenters. The Labute approximate surface area is 224 Å². The van der Waals surface area contributed by atoms with E-state index in [1.165, 1.54) is 5.57 Å². The van der Waals surface area contributed by atoms with Crippen molar-refractivity contribution < 1.29 is 23.5 Å². The SMILES string of the molecule is C/C=C(\C)C[C@H](C)[C@H](O[Si](C)(C)C(C)(C)C)[C@@H](C)C(=O)[C@H](C)C(=O)N1C(=O)OC[C@@H]1Cc1ccccc1. The van der Waals surface area contributed by atoms with E-state index in [1.54, 1.807) is 6.92 Å². The Balaban J connectivity index is 2.27. The van der Waals surface area contributed by atoms with Gasteiger partial charge >= 0.3 is 6.09 Å². The minimum atomic E-state index is -2.19. The molecule has 37 heavy (non-hydrogen) atoms. The predicted molar refractivity (Wildman–Crippen MR) is 151 cm³/mol. The molecule has 0 radical (unpaired) electrons. The van der Waals surface area contributed by atoms with Crippen molar-refractivity contribution in [1.29, 1.82) is 0 Å². The van der Waals surface area contributed by atoms with Crippen molar-refractivity contribution in [3.05, 3.63) is 47.5 Å². The Morgan fingerprint density at radius 2 is 1.76 bits per heavy atom. The number of ketones is 1. The number of imide groups is 1. The van der Waals surface area contributed by atoms with Gasteiger partial charge in [0.2, 0.25) is 5.91 Å². The molecule has 0 aromatic heterocycles. The normalized spacial score (nSPS) is 20.3. The number of Topliss-reactive ketones (excluding diaryl/α,β-unsaturated/α-hetero) is 1. The summed E-state index contributed by atoms with van der Waals surface area (Å²) in [5.41, 5.74) is 2.25. The molecule has 1 fully saturated rings. The topological polar surface area (TPSA) is 72.9 Å². The van der Waals surface area contributed by atoms with Crippen molar-refractivity contribution in [2.24, 2.45) is 17.8 Å². The average Bonchev–Trinajstić information content (AvgIpc) is 3.19. The van der Waals surface area contributed by atoms with Crippen molar-refractivity contribution in [2.45, 2.75) is 98.5 Å². The maximum absolute atomic E-state index is 13.8. The molecule has 0 bridgehead atoms. The van der Waals surface area contributed by atoms with E-state index in [9.17, 15) is 14.4 Å². The molecule has 206 valence electrons. The van der Waals surface area contributed by atoms with Crippen LogP contribution in [-0.4, -0.2) is 49.8 Å². The quantitative estimate of drug-likeness (QED) is 0.179. The number of carbonyl (C=O) groups is 3. The zero-order valence-electron chi connectivity index (χ0n) is 24.5. The Morgan fingerprint density at radius 3 is 2.30 bits per heavy atom. The van der Waals surface area contributed by atoms with Crippen LogP contribution in [0.15, 0.2) is 42.0 Å². The van der Waals surface area contributed by atoms with Gasteiger partial charge in [0.05, 0.1) is 18.1 Å². The van der Waals surface area contributed by atoms with Crippen molar-refractivity contribution in [3.8, 4) is 0 Å². The number of amides is 2. The molecule has 7 heteroatoms. The summed E-state index contributed by atoms with van der Waals surface area (Å²) < 4.78 is 12.1. The monoisotopic (exact) mass is 529 g/mol. The second-order valence-corrected chi connectivity index (χ2v) is 17.0. The molecule has 1 aliphatic rings. The van der Waals surface area contributed by atoms with Crippen LogP contribution in [0.5, 0.6) is 0 Å². The van der Waals surface area contributed by atoms with Gasteiger partial charge in [0.25, 0.3) is 0 Å². The molecule has 5 atom stereocenters. The van der Waals surface area contributed by atoms with Gasteiger partial charge in [0.15, 0.2) is 8.32 Å². The smallest absolute Gasteiger partial charge is 0.417 e. The van der Waals surface area contributed by atoms with Gasteiger partial charge in [-0.2, -0.15) is 0 Å². The third-order valence-electron chi connectivity index (χ3n) is 8.19. The summed E-state index contributed by atoms with van der Waals surface area (Å²) in [6.45, 7) is 20.8. The standard InChI is InChI=1S/C30H47NO5Si/c1-11-20(2)17-21(3)27(36-37(9,10)30(6,7)8)22(4)26(32)23(5)28(33)31-25(19-35-29(31)34)18-24-15-13-12-14-16-24/h11-16,21-23,25,27H,17-19H2,1-10H3/b20-11+/t21-,22-,23-,25-,27-/m0/s1. The lowest BCUT2D eigenvalue weighted by Crippen LogP contribution is -2.51. The minimum Gasteiger partial charge on any atom is -0.447 e. The molecular weight excluding hydrogens is 482 g/mol. The highest BCUT2D eigenvalue weighted by Gasteiger charge is 2.46. The fourth-order valence-electron chi connectivity index (χ4n) is 4.62. The first-order chi connectivity index (χ1) is 17.1. The minimum absolute atomic E-state index is 0.0191. The van der Waals surface area contributed by atoms with Crippen LogP contribution < -0.4 is 0 Å². The molecule has 0 aliphatic carbocycles. The van der Waals surface area contributed by atoms with Crippen LogP contribution in [0.3, 0.4) is 0 Å². The highest BCUT2D eigenvalue weighted by atomic mass is 28.4. The summed E-state index contributed by atoms with van der Waals surface area (Å²) in [4.78, 5) is 41.0. The number of hydrogen-bond donors (Lipinski definition) is 0. The van der Waals surface area contributed by atoms with E-state index in [-0.39, 0.29) is 29.5 Å². The van der Waals surface area contributed by atoms with Gasteiger partial charge in [-0.25, -0.2) is 9.69 Å². The summed E-state index contributed by atoms with van der Waals surface area (Å²) in [7, 11) is -2.19. The van der Waals surface area contributed by atoms with Gasteiger partial charge in [0, 0.05) is 5.92 Å². The van der Waals surface area contributed by atoms with E-state index in [0.29, 0.717) is 6.42 Å². The summed E-state index contributed by atoms with van der Waals surface area (Å²) >= 11 is 0. The van der Waals surface area contributed by atoms with Crippen LogP contribution in [0.4, 0.5) is 4.79 Å². The highest BCUT2D eigenvalue weighted by Crippen LogP contribution is 2.40. The molecule has 2 amide bonds. The van der Waals surface area contributed by atoms with E-state index in [2.05, 4.69) is 53.8 Å². The summed E-state index contributed by atoms with van der Waals surface area (Å²) in [5.74, 6) is -2.08. The Hall–Kier alpha value is -2.25. The molecule has 1 aliphatic heterocycles. The summed E-state index contributed by atoms with van der Waals surface area (Å²) in [5, 5.41) is -0.0191. The third-order valence-corrected chi connectivity index (χ3v) is 12.7. The first kappa shape index (κ1) is 31.0. The summed E-state index contributed by atoms with van der Waals surface area (Å²) in [6, 6.07) is 9.26. The first-order valence-electron chi connectivity index (χ1n) is 13.5. The van der Waals surface area contributed by atoms with E-state index >= 15 is 0 Å². The molecular formula is C30H47NO5Si. The van der Waals surface area contributed by atoms with Crippen LogP contribution >= 0.6 is 0 Å². The number of rotatable bonds is 11. The van der Waals surface area contributed by atoms with Crippen molar-refractivity contribution in [3.63, 3.8) is 0 Å². The van der Waals surface area contributed by atoms with Gasteiger partial charge in [0.1, 0.15) is 12.4 Å². The third kappa shape index (κ3) is 7.63. The molecule has 1 saturated heterocycles. The first-order valence-corrected chi connectivity index (χ1v) is 16.4. The Morgan fingerprint density at radius 1 is 1.16 bits per heavy atom. The number of cyclic esters (lactones) is 1. The van der Waals surface area contributed by atoms with Crippen LogP contribution in [0, 0.1) is 17.8 Å². The predicted octanol–water partition coefficient (Wildman–Crippen LogP) is 6.80. The van der Waals surface area contributed by atoms with Crippen molar-refractivity contribution in [1.82, 2.24) is 4.90 Å². The second kappa shape index (κ2) is 12.5. The van der Waals surface area contributed by atoms with Crippen molar-refractivity contribution in [2.75, 3.05) is 6.61 Å². The Kier molecular flexibility index (Phi) is 10.5. The van der Waals surface area contributed by atoms with Gasteiger partial charge in [-0.1, -0.05) is 76.6 Å². The maximum Gasteiger partial charge on any atom is 0.417 e. The zero-order valence-corrected chi connectivity index (χ0v) is 25.5. The molecule has 0 saturated carbocycles.